The van der Waals surface area contributed by atoms with Crippen molar-refractivity contribution in [3.63, 3.8) is 0 Å². The van der Waals surface area contributed by atoms with Crippen LogP contribution < -0.4 is 0 Å². The van der Waals surface area contributed by atoms with E-state index in [1.807, 2.05) is 36.4 Å². The van der Waals surface area contributed by atoms with E-state index in [9.17, 15) is 18.7 Å². The average molecular weight is 499 g/mol. The zero-order chi connectivity index (χ0) is 22.5. The summed E-state index contributed by atoms with van der Waals surface area (Å²) in [6, 6.07) is 16.6. The third-order valence-electron chi connectivity index (χ3n) is 6.48. The Morgan fingerprint density at radius 2 is 1.81 bits per heavy atom. The van der Waals surface area contributed by atoms with Crippen LogP contribution in [0.15, 0.2) is 65.3 Å². The number of fused-ring (bicyclic) bond motifs is 3. The molecule has 32 heavy (non-hydrogen) atoms. The van der Waals surface area contributed by atoms with E-state index in [1.54, 1.807) is 24.4 Å². The van der Waals surface area contributed by atoms with Crippen LogP contribution in [0, 0.1) is 5.92 Å². The van der Waals surface area contributed by atoms with Gasteiger partial charge in [-0.25, -0.2) is 13.6 Å². The first kappa shape index (κ1) is 21.1. The highest BCUT2D eigenvalue weighted by Crippen LogP contribution is 2.45. The van der Waals surface area contributed by atoms with Gasteiger partial charge in [0.1, 0.15) is 0 Å². The summed E-state index contributed by atoms with van der Waals surface area (Å²) in [7, 11) is 0. The van der Waals surface area contributed by atoms with Crippen molar-refractivity contribution in [3.05, 3.63) is 76.4 Å². The van der Waals surface area contributed by atoms with Crippen molar-refractivity contribution in [2.75, 3.05) is 0 Å². The zero-order valence-corrected chi connectivity index (χ0v) is 18.7. The summed E-state index contributed by atoms with van der Waals surface area (Å²) in [5.74, 6) is -3.64. The molecule has 0 bridgehead atoms. The Hall–Kier alpha value is -2.80. The van der Waals surface area contributed by atoms with Gasteiger partial charge in [-0.15, -0.1) is 0 Å². The second kappa shape index (κ2) is 7.96. The Balaban J connectivity index is 1.80. The smallest absolute Gasteiger partial charge is 0.335 e. The zero-order valence-electron chi connectivity index (χ0n) is 17.1. The SMILES string of the molecule is O=C(O)c1ccc2c3ncc(Br)cc3n([C@H](c3ccccc3)C3CCC(F)(F)CC3)c2c1. The van der Waals surface area contributed by atoms with Gasteiger partial charge in [0, 0.05) is 28.9 Å². The van der Waals surface area contributed by atoms with Gasteiger partial charge in [0.15, 0.2) is 0 Å². The van der Waals surface area contributed by atoms with E-state index < -0.39 is 11.9 Å². The van der Waals surface area contributed by atoms with E-state index in [-0.39, 0.29) is 30.4 Å². The molecule has 1 aliphatic rings. The molecule has 164 valence electrons. The van der Waals surface area contributed by atoms with E-state index in [2.05, 4.69) is 25.5 Å². The summed E-state index contributed by atoms with van der Waals surface area (Å²) in [6.07, 6.45) is 2.23. The number of carbonyl (C=O) groups is 1. The lowest BCUT2D eigenvalue weighted by Crippen LogP contribution is -2.30. The molecule has 2 heterocycles. The van der Waals surface area contributed by atoms with Crippen molar-refractivity contribution in [1.29, 1.82) is 0 Å². The molecular formula is C25H21BrF2N2O2. The number of carboxylic acids is 1. The fourth-order valence-electron chi connectivity index (χ4n) is 4.97. The highest BCUT2D eigenvalue weighted by Gasteiger charge is 2.39. The molecule has 4 aromatic rings. The number of alkyl halides is 2. The molecule has 5 rings (SSSR count). The fraction of sp³-hybridized carbons (Fsp3) is 0.280. The number of carboxylic acid groups (broad SMARTS) is 1. The Labute approximate surface area is 192 Å². The predicted octanol–water partition coefficient (Wildman–Crippen LogP) is 7.07. The highest BCUT2D eigenvalue weighted by atomic mass is 79.9. The molecule has 1 aliphatic carbocycles. The van der Waals surface area contributed by atoms with Crippen molar-refractivity contribution in [2.24, 2.45) is 5.92 Å². The minimum Gasteiger partial charge on any atom is -0.478 e. The lowest BCUT2D eigenvalue weighted by Gasteiger charge is -2.35. The Morgan fingerprint density at radius 3 is 2.50 bits per heavy atom. The molecule has 0 unspecified atom stereocenters. The normalized spacial score (nSPS) is 17.6. The van der Waals surface area contributed by atoms with Gasteiger partial charge in [0.05, 0.1) is 28.2 Å². The van der Waals surface area contributed by atoms with Crippen LogP contribution in [0.1, 0.15) is 47.6 Å². The largest absolute Gasteiger partial charge is 0.478 e. The standard InChI is InChI=1S/C25H21BrF2N2O2/c26-18-13-21-22(29-14-18)19-7-6-17(24(31)32)12-20(19)30(21)23(15-4-2-1-3-5-15)16-8-10-25(27,28)11-9-16/h1-7,12-14,16,23H,8-11H2,(H,31,32)/t23-/m1/s1. The second-order valence-electron chi connectivity index (χ2n) is 8.48. The van der Waals surface area contributed by atoms with Crippen LogP contribution in [-0.4, -0.2) is 26.5 Å². The summed E-state index contributed by atoms with van der Waals surface area (Å²) in [5.41, 5.74) is 3.56. The van der Waals surface area contributed by atoms with E-state index in [0.717, 1.165) is 32.0 Å². The van der Waals surface area contributed by atoms with Gasteiger partial charge in [0.2, 0.25) is 5.92 Å². The molecule has 1 fully saturated rings. The maximum absolute atomic E-state index is 14.0. The van der Waals surface area contributed by atoms with Crippen LogP contribution in [0.5, 0.6) is 0 Å². The van der Waals surface area contributed by atoms with Crippen LogP contribution in [0.4, 0.5) is 8.78 Å². The number of benzene rings is 2. The minimum absolute atomic E-state index is 0.0108. The van der Waals surface area contributed by atoms with Crippen molar-refractivity contribution < 1.29 is 18.7 Å². The van der Waals surface area contributed by atoms with Gasteiger partial charge in [0.25, 0.3) is 0 Å². The van der Waals surface area contributed by atoms with E-state index in [1.165, 1.54) is 0 Å². The third kappa shape index (κ3) is 3.68. The third-order valence-corrected chi connectivity index (χ3v) is 6.91. The number of nitrogens with zero attached hydrogens (tertiary/aromatic N) is 2. The second-order valence-corrected chi connectivity index (χ2v) is 9.39. The van der Waals surface area contributed by atoms with Gasteiger partial charge >= 0.3 is 5.97 Å². The monoisotopic (exact) mass is 498 g/mol. The van der Waals surface area contributed by atoms with Gasteiger partial charge < -0.3 is 9.67 Å². The van der Waals surface area contributed by atoms with Crippen molar-refractivity contribution in [3.8, 4) is 0 Å². The molecule has 2 aromatic carbocycles. The molecule has 7 heteroatoms. The van der Waals surface area contributed by atoms with Gasteiger partial charge in [-0.05, 0) is 64.5 Å². The number of hydrogen-bond donors (Lipinski definition) is 1. The maximum Gasteiger partial charge on any atom is 0.335 e. The minimum atomic E-state index is -2.63. The number of rotatable bonds is 4. The molecule has 0 amide bonds. The van der Waals surface area contributed by atoms with Gasteiger partial charge in [-0.2, -0.15) is 0 Å². The number of aromatic carboxylic acids is 1. The summed E-state index contributed by atoms with van der Waals surface area (Å²) in [5, 5.41) is 10.4. The summed E-state index contributed by atoms with van der Waals surface area (Å²) < 4.78 is 30.9. The average Bonchev–Trinajstić information content (AvgIpc) is 3.08. The van der Waals surface area contributed by atoms with Crippen molar-refractivity contribution in [1.82, 2.24) is 9.55 Å². The van der Waals surface area contributed by atoms with E-state index >= 15 is 0 Å². The molecule has 0 saturated heterocycles. The van der Waals surface area contributed by atoms with Crippen molar-refractivity contribution in [2.45, 2.75) is 37.6 Å². The number of hydrogen-bond acceptors (Lipinski definition) is 2. The first-order valence-electron chi connectivity index (χ1n) is 10.6. The summed E-state index contributed by atoms with van der Waals surface area (Å²) in [6.45, 7) is 0. The maximum atomic E-state index is 14.0. The number of halogens is 3. The molecule has 1 atom stereocenters. The van der Waals surface area contributed by atoms with E-state index in [0.29, 0.717) is 12.8 Å². The van der Waals surface area contributed by atoms with E-state index in [4.69, 9.17) is 0 Å². The van der Waals surface area contributed by atoms with Crippen LogP contribution in [-0.2, 0) is 0 Å². The lowest BCUT2D eigenvalue weighted by atomic mass is 9.79. The first-order chi connectivity index (χ1) is 15.3. The molecule has 4 nitrogen and oxygen atoms in total. The number of aromatic nitrogens is 2. The number of pyridine rings is 1. The van der Waals surface area contributed by atoms with Crippen LogP contribution in [0.25, 0.3) is 21.9 Å². The van der Waals surface area contributed by atoms with Crippen molar-refractivity contribution >= 4 is 43.8 Å². The summed E-state index contributed by atoms with van der Waals surface area (Å²) >= 11 is 3.51. The lowest BCUT2D eigenvalue weighted by molar-refractivity contribution is -0.0493. The van der Waals surface area contributed by atoms with Crippen LogP contribution >= 0.6 is 15.9 Å². The quantitative estimate of drug-likeness (QED) is 0.327. The first-order valence-corrected chi connectivity index (χ1v) is 11.4. The van der Waals surface area contributed by atoms with Crippen LogP contribution in [0.2, 0.25) is 0 Å². The van der Waals surface area contributed by atoms with Gasteiger partial charge in [-0.3, -0.25) is 4.98 Å². The molecule has 1 N–H and O–H groups in total. The highest BCUT2D eigenvalue weighted by molar-refractivity contribution is 9.10. The fourth-order valence-corrected chi connectivity index (χ4v) is 5.29. The Kier molecular flexibility index (Phi) is 5.24. The molecule has 0 radical (unpaired) electrons. The van der Waals surface area contributed by atoms with Crippen LogP contribution in [0.3, 0.4) is 0 Å². The predicted molar refractivity (Wildman–Crippen MR) is 123 cm³/mol. The topological polar surface area (TPSA) is 55.1 Å². The molecule has 0 spiro atoms. The molecule has 0 aliphatic heterocycles. The Bertz CT molecular complexity index is 1310. The van der Waals surface area contributed by atoms with Gasteiger partial charge in [-0.1, -0.05) is 30.3 Å². The molecule has 1 saturated carbocycles. The summed E-state index contributed by atoms with van der Waals surface area (Å²) in [4.78, 5) is 16.3. The molecular weight excluding hydrogens is 478 g/mol. The molecule has 2 aromatic heterocycles. The Morgan fingerprint density at radius 1 is 1.09 bits per heavy atom.